The zero-order valence-electron chi connectivity index (χ0n) is 11.8. The normalized spacial score (nSPS) is 17.9. The van der Waals surface area contributed by atoms with E-state index in [2.05, 4.69) is 0 Å². The largest absolute Gasteiger partial charge is 0.281 e. The average molecular weight is 349 g/mol. The minimum Gasteiger partial charge on any atom is -0.281 e. The van der Waals surface area contributed by atoms with Crippen molar-refractivity contribution in [2.45, 2.75) is 42.9 Å². The standard InChI is InChI=1S/C15H18Cl2O3S/c1-21(19,20)14-7-6-11(9-13(14)16)12(15(17)18)8-10-4-2-3-5-10/h6-7,9-10,12H,2-5,8H2,1H3/t12-/m1/s1. The monoisotopic (exact) mass is 348 g/mol. The van der Waals surface area contributed by atoms with Gasteiger partial charge < -0.3 is 0 Å². The summed E-state index contributed by atoms with van der Waals surface area (Å²) >= 11 is 11.8. The maximum Gasteiger partial charge on any atom is 0.229 e. The maximum absolute atomic E-state index is 11.7. The Morgan fingerprint density at radius 3 is 2.43 bits per heavy atom. The van der Waals surface area contributed by atoms with E-state index in [-0.39, 0.29) is 9.92 Å². The molecule has 0 heterocycles. The van der Waals surface area contributed by atoms with Crippen LogP contribution in [0.25, 0.3) is 0 Å². The van der Waals surface area contributed by atoms with Crippen LogP contribution in [0.15, 0.2) is 23.1 Å². The molecule has 0 amide bonds. The molecule has 1 aromatic carbocycles. The predicted molar refractivity (Wildman–Crippen MR) is 84.7 cm³/mol. The number of rotatable bonds is 5. The lowest BCUT2D eigenvalue weighted by Crippen LogP contribution is -2.12. The van der Waals surface area contributed by atoms with E-state index in [4.69, 9.17) is 23.2 Å². The lowest BCUT2D eigenvalue weighted by Gasteiger charge is -2.18. The lowest BCUT2D eigenvalue weighted by molar-refractivity contribution is -0.113. The fraction of sp³-hybridized carbons (Fsp3) is 0.533. The fourth-order valence-electron chi connectivity index (χ4n) is 2.97. The summed E-state index contributed by atoms with van der Waals surface area (Å²) in [7, 11) is -3.37. The van der Waals surface area contributed by atoms with Crippen LogP contribution in [0, 0.1) is 5.92 Å². The molecule has 0 radical (unpaired) electrons. The average Bonchev–Trinajstić information content (AvgIpc) is 2.86. The molecule has 0 aromatic heterocycles. The zero-order chi connectivity index (χ0) is 15.6. The number of carbonyl (C=O) groups is 1. The highest BCUT2D eigenvalue weighted by atomic mass is 35.5. The fourth-order valence-corrected chi connectivity index (χ4v) is 4.53. The van der Waals surface area contributed by atoms with E-state index in [9.17, 15) is 13.2 Å². The molecule has 0 aliphatic heterocycles. The Labute approximate surface area is 135 Å². The summed E-state index contributed by atoms with van der Waals surface area (Å²) in [4.78, 5) is 11.8. The van der Waals surface area contributed by atoms with Crippen LogP contribution < -0.4 is 0 Å². The van der Waals surface area contributed by atoms with E-state index in [1.807, 2.05) is 0 Å². The SMILES string of the molecule is CS(=O)(=O)c1ccc([C@@H](CC2CCCC2)C(=O)Cl)cc1Cl. The molecule has 116 valence electrons. The molecule has 0 unspecified atom stereocenters. The van der Waals surface area contributed by atoms with Crippen LogP contribution in [-0.4, -0.2) is 19.9 Å². The van der Waals surface area contributed by atoms with Gasteiger partial charge in [0.05, 0.1) is 15.8 Å². The third kappa shape index (κ3) is 4.21. The van der Waals surface area contributed by atoms with E-state index in [1.54, 1.807) is 12.1 Å². The van der Waals surface area contributed by atoms with Crippen molar-refractivity contribution in [3.05, 3.63) is 28.8 Å². The maximum atomic E-state index is 11.7. The van der Waals surface area contributed by atoms with Crippen LogP contribution >= 0.6 is 23.2 Å². The van der Waals surface area contributed by atoms with Gasteiger partial charge in [-0.2, -0.15) is 0 Å². The van der Waals surface area contributed by atoms with Crippen LogP contribution in [0.5, 0.6) is 0 Å². The molecule has 0 bridgehead atoms. The van der Waals surface area contributed by atoms with Gasteiger partial charge in [0.1, 0.15) is 0 Å². The lowest BCUT2D eigenvalue weighted by atomic mass is 9.89. The Bertz CT molecular complexity index is 634. The van der Waals surface area contributed by atoms with Gasteiger partial charge in [-0.15, -0.1) is 0 Å². The van der Waals surface area contributed by atoms with E-state index in [1.165, 1.54) is 18.9 Å². The number of halogens is 2. The molecule has 0 saturated heterocycles. The second-order valence-corrected chi connectivity index (χ2v) is 8.47. The quantitative estimate of drug-likeness (QED) is 0.750. The Hall–Kier alpha value is -0.580. The van der Waals surface area contributed by atoms with Crippen molar-refractivity contribution in [3.63, 3.8) is 0 Å². The molecule has 1 aromatic rings. The number of carbonyl (C=O) groups excluding carboxylic acids is 1. The van der Waals surface area contributed by atoms with Gasteiger partial charge in [0, 0.05) is 6.26 Å². The first-order valence-corrected chi connectivity index (χ1v) is 9.62. The van der Waals surface area contributed by atoms with Crippen molar-refractivity contribution in [2.75, 3.05) is 6.26 Å². The van der Waals surface area contributed by atoms with Gasteiger partial charge in [-0.1, -0.05) is 43.4 Å². The summed E-state index contributed by atoms with van der Waals surface area (Å²) < 4.78 is 23.1. The number of hydrogen-bond acceptors (Lipinski definition) is 3. The first kappa shape index (κ1) is 16.8. The van der Waals surface area contributed by atoms with Gasteiger partial charge in [-0.3, -0.25) is 4.79 Å². The number of benzene rings is 1. The van der Waals surface area contributed by atoms with Crippen molar-refractivity contribution < 1.29 is 13.2 Å². The minimum atomic E-state index is -3.37. The van der Waals surface area contributed by atoms with E-state index < -0.39 is 21.0 Å². The zero-order valence-corrected chi connectivity index (χ0v) is 14.1. The molecule has 0 N–H and O–H groups in total. The molecule has 6 heteroatoms. The molecule has 1 aliphatic carbocycles. The predicted octanol–water partition coefficient (Wildman–Crippen LogP) is 4.17. The molecule has 0 spiro atoms. The molecule has 1 fully saturated rings. The second kappa shape index (κ2) is 6.67. The number of sulfone groups is 1. The highest BCUT2D eigenvalue weighted by molar-refractivity contribution is 7.90. The van der Waals surface area contributed by atoms with Crippen LogP contribution in [0.3, 0.4) is 0 Å². The Morgan fingerprint density at radius 1 is 1.33 bits per heavy atom. The van der Waals surface area contributed by atoms with Crippen molar-refractivity contribution >= 4 is 38.3 Å². The molecular weight excluding hydrogens is 331 g/mol. The topological polar surface area (TPSA) is 51.2 Å². The van der Waals surface area contributed by atoms with Gasteiger partial charge in [0.15, 0.2) is 9.84 Å². The highest BCUT2D eigenvalue weighted by Crippen LogP contribution is 2.36. The molecular formula is C15H18Cl2O3S. The minimum absolute atomic E-state index is 0.0783. The van der Waals surface area contributed by atoms with Crippen LogP contribution in [-0.2, 0) is 14.6 Å². The summed E-state index contributed by atoms with van der Waals surface area (Å²) in [6.45, 7) is 0. The Balaban J connectivity index is 2.28. The molecule has 1 saturated carbocycles. The molecule has 1 aliphatic rings. The van der Waals surface area contributed by atoms with E-state index in [0.29, 0.717) is 17.9 Å². The second-order valence-electron chi connectivity index (χ2n) is 5.70. The highest BCUT2D eigenvalue weighted by Gasteiger charge is 2.26. The van der Waals surface area contributed by atoms with Crippen LogP contribution in [0.1, 0.15) is 43.6 Å². The number of hydrogen-bond donors (Lipinski definition) is 0. The summed E-state index contributed by atoms with van der Waals surface area (Å²) in [5.74, 6) is 0.0898. The van der Waals surface area contributed by atoms with Gasteiger partial charge in [-0.25, -0.2) is 8.42 Å². The molecule has 1 atom stereocenters. The summed E-state index contributed by atoms with van der Waals surface area (Å²) in [6.07, 6.45) is 6.45. The molecule has 21 heavy (non-hydrogen) atoms. The smallest absolute Gasteiger partial charge is 0.229 e. The first-order chi connectivity index (χ1) is 9.79. The molecule has 2 rings (SSSR count). The van der Waals surface area contributed by atoms with Crippen LogP contribution in [0.4, 0.5) is 0 Å². The van der Waals surface area contributed by atoms with E-state index in [0.717, 1.165) is 19.1 Å². The van der Waals surface area contributed by atoms with Gasteiger partial charge in [0.2, 0.25) is 5.24 Å². The summed E-state index contributed by atoms with van der Waals surface area (Å²) in [5.41, 5.74) is 0.694. The first-order valence-electron chi connectivity index (χ1n) is 6.98. The molecule has 3 nitrogen and oxygen atoms in total. The summed E-state index contributed by atoms with van der Waals surface area (Å²) in [5, 5.41) is -0.269. The van der Waals surface area contributed by atoms with Crippen molar-refractivity contribution in [2.24, 2.45) is 5.92 Å². The Kier molecular flexibility index (Phi) is 5.33. The van der Waals surface area contributed by atoms with Gasteiger partial charge >= 0.3 is 0 Å². The Morgan fingerprint density at radius 2 is 1.95 bits per heavy atom. The van der Waals surface area contributed by atoms with Crippen molar-refractivity contribution in [1.82, 2.24) is 0 Å². The van der Waals surface area contributed by atoms with Gasteiger partial charge in [0.25, 0.3) is 0 Å². The third-order valence-corrected chi connectivity index (χ3v) is 5.92. The van der Waals surface area contributed by atoms with Crippen LogP contribution in [0.2, 0.25) is 5.02 Å². The van der Waals surface area contributed by atoms with Gasteiger partial charge in [-0.05, 0) is 41.6 Å². The van der Waals surface area contributed by atoms with Crippen molar-refractivity contribution in [1.29, 1.82) is 0 Å². The third-order valence-electron chi connectivity index (χ3n) is 4.08. The van der Waals surface area contributed by atoms with E-state index >= 15 is 0 Å². The van der Waals surface area contributed by atoms with Crippen molar-refractivity contribution in [3.8, 4) is 0 Å². The summed E-state index contributed by atoms with van der Waals surface area (Å²) in [6, 6.07) is 4.65.